The summed E-state index contributed by atoms with van der Waals surface area (Å²) in [4.78, 5) is 26.5. The van der Waals surface area contributed by atoms with Crippen molar-refractivity contribution in [1.82, 2.24) is 9.55 Å². The summed E-state index contributed by atoms with van der Waals surface area (Å²) >= 11 is 1.39. The molecule has 1 aromatic heterocycles. The molecule has 144 valence electrons. The molecule has 3 rings (SSSR count). The summed E-state index contributed by atoms with van der Waals surface area (Å²) in [5.74, 6) is 0.105. The highest BCUT2D eigenvalue weighted by atomic mass is 32.2. The van der Waals surface area contributed by atoms with E-state index in [1.165, 1.54) is 29.5 Å². The van der Waals surface area contributed by atoms with Crippen molar-refractivity contribution in [2.24, 2.45) is 5.73 Å². The fourth-order valence-electron chi connectivity index (χ4n) is 2.76. The molecule has 2 N–H and O–H groups in total. The van der Waals surface area contributed by atoms with Crippen LogP contribution in [0.4, 0.5) is 5.69 Å². The summed E-state index contributed by atoms with van der Waals surface area (Å²) in [6.45, 7) is 4.29. The Bertz CT molecular complexity index is 1010. The van der Waals surface area contributed by atoms with Crippen molar-refractivity contribution < 1.29 is 9.72 Å². The molecule has 0 fully saturated rings. The minimum Gasteiger partial charge on any atom is -0.366 e. The smallest absolute Gasteiger partial charge is 0.274 e. The Morgan fingerprint density at radius 2 is 1.96 bits per heavy atom. The van der Waals surface area contributed by atoms with E-state index in [1.807, 2.05) is 22.9 Å². The number of aromatic nitrogens is 2. The Hall–Kier alpha value is -3.13. The van der Waals surface area contributed by atoms with E-state index >= 15 is 0 Å². The summed E-state index contributed by atoms with van der Waals surface area (Å²) in [6.07, 6.45) is 3.56. The van der Waals surface area contributed by atoms with Crippen molar-refractivity contribution in [3.8, 4) is 5.69 Å². The topological polar surface area (TPSA) is 104 Å². The molecule has 0 spiro atoms. The first kappa shape index (κ1) is 19.6. The number of primary amides is 1. The molecule has 0 radical (unpaired) electrons. The molecule has 1 heterocycles. The lowest BCUT2D eigenvalue weighted by Gasteiger charge is -2.10. The molecule has 0 atom stereocenters. The van der Waals surface area contributed by atoms with Gasteiger partial charge in [-0.15, -0.1) is 0 Å². The second-order valence-corrected chi connectivity index (χ2v) is 7.52. The number of nitrogens with zero attached hydrogens (tertiary/aromatic N) is 3. The van der Waals surface area contributed by atoms with Crippen LogP contribution in [0.25, 0.3) is 5.69 Å². The highest BCUT2D eigenvalue weighted by Crippen LogP contribution is 2.29. The van der Waals surface area contributed by atoms with Crippen molar-refractivity contribution in [2.45, 2.75) is 30.7 Å². The Kier molecular flexibility index (Phi) is 5.79. The van der Waals surface area contributed by atoms with E-state index in [2.05, 4.69) is 31.0 Å². The summed E-state index contributed by atoms with van der Waals surface area (Å²) in [6, 6.07) is 12.5. The van der Waals surface area contributed by atoms with Crippen LogP contribution in [0, 0.1) is 10.1 Å². The number of hydrogen-bond acceptors (Lipinski definition) is 5. The third-order valence-electron chi connectivity index (χ3n) is 4.37. The summed E-state index contributed by atoms with van der Waals surface area (Å²) in [5.41, 5.74) is 7.95. The fraction of sp³-hybridized carbons (Fsp3) is 0.200. The molecule has 0 saturated carbocycles. The van der Waals surface area contributed by atoms with Gasteiger partial charge >= 0.3 is 0 Å². The van der Waals surface area contributed by atoms with Gasteiger partial charge in [0.25, 0.3) is 5.69 Å². The van der Waals surface area contributed by atoms with Crippen LogP contribution in [0.3, 0.4) is 0 Å². The average Bonchev–Trinajstić information content (AvgIpc) is 3.14. The van der Waals surface area contributed by atoms with E-state index in [0.29, 0.717) is 17.2 Å². The molecule has 1 amide bonds. The normalized spacial score (nSPS) is 11.0. The van der Waals surface area contributed by atoms with E-state index in [9.17, 15) is 14.9 Å². The molecule has 0 bridgehead atoms. The summed E-state index contributed by atoms with van der Waals surface area (Å²) in [5, 5.41) is 12.1. The molecule has 0 aliphatic rings. The van der Waals surface area contributed by atoms with E-state index in [1.54, 1.807) is 12.3 Å². The fourth-order valence-corrected chi connectivity index (χ4v) is 3.73. The zero-order valence-electron chi connectivity index (χ0n) is 15.5. The molecule has 0 saturated heterocycles. The van der Waals surface area contributed by atoms with Gasteiger partial charge in [0.05, 0.1) is 4.92 Å². The van der Waals surface area contributed by atoms with Gasteiger partial charge < -0.3 is 5.73 Å². The van der Waals surface area contributed by atoms with Crippen LogP contribution < -0.4 is 5.73 Å². The number of nitrogens with two attached hydrogens (primary N) is 1. The van der Waals surface area contributed by atoms with Gasteiger partial charge in [-0.2, -0.15) is 0 Å². The molecule has 28 heavy (non-hydrogen) atoms. The minimum absolute atomic E-state index is 0.118. The number of thioether (sulfide) groups is 1. The van der Waals surface area contributed by atoms with E-state index in [-0.39, 0.29) is 11.3 Å². The SMILES string of the molecule is CC(C)c1ccc(-n2ccnc2SCc2ccc(C(N)=O)cc2[N+](=O)[O-])cc1. The van der Waals surface area contributed by atoms with Gasteiger partial charge in [-0.25, -0.2) is 4.98 Å². The number of nitro benzene ring substituents is 1. The molecular formula is C20H20N4O3S. The van der Waals surface area contributed by atoms with Gasteiger partial charge in [0, 0.05) is 41.0 Å². The Labute approximate surface area is 166 Å². The molecule has 7 nitrogen and oxygen atoms in total. The lowest BCUT2D eigenvalue weighted by Crippen LogP contribution is -2.11. The highest BCUT2D eigenvalue weighted by Gasteiger charge is 2.17. The molecule has 0 unspecified atom stereocenters. The Morgan fingerprint density at radius 1 is 1.25 bits per heavy atom. The van der Waals surface area contributed by atoms with E-state index in [0.717, 1.165) is 10.8 Å². The van der Waals surface area contributed by atoms with Crippen LogP contribution in [0.2, 0.25) is 0 Å². The number of amides is 1. The Balaban J connectivity index is 1.82. The van der Waals surface area contributed by atoms with Crippen molar-refractivity contribution in [3.05, 3.63) is 81.7 Å². The second kappa shape index (κ2) is 8.26. The number of imidazole rings is 1. The number of carbonyl (C=O) groups is 1. The zero-order valence-corrected chi connectivity index (χ0v) is 16.3. The van der Waals surface area contributed by atoms with E-state index in [4.69, 9.17) is 5.73 Å². The maximum Gasteiger partial charge on any atom is 0.274 e. The van der Waals surface area contributed by atoms with Gasteiger partial charge in [-0.1, -0.05) is 43.8 Å². The van der Waals surface area contributed by atoms with Gasteiger partial charge in [0.15, 0.2) is 5.16 Å². The predicted octanol–water partition coefficient (Wildman–Crippen LogP) is 4.30. The lowest BCUT2D eigenvalue weighted by molar-refractivity contribution is -0.385. The quantitative estimate of drug-likeness (QED) is 0.364. The van der Waals surface area contributed by atoms with Crippen LogP contribution in [0.5, 0.6) is 0 Å². The second-order valence-electron chi connectivity index (χ2n) is 6.58. The number of nitro groups is 1. The first-order valence-electron chi connectivity index (χ1n) is 8.70. The van der Waals surface area contributed by atoms with Crippen LogP contribution in [0.1, 0.15) is 41.3 Å². The van der Waals surface area contributed by atoms with Crippen molar-refractivity contribution in [2.75, 3.05) is 0 Å². The molecule has 0 aliphatic carbocycles. The number of benzene rings is 2. The third kappa shape index (κ3) is 4.23. The number of hydrogen-bond donors (Lipinski definition) is 1. The average molecular weight is 396 g/mol. The van der Waals surface area contributed by atoms with Gasteiger partial charge in [0.1, 0.15) is 0 Å². The third-order valence-corrected chi connectivity index (χ3v) is 5.38. The number of rotatable bonds is 7. The lowest BCUT2D eigenvalue weighted by atomic mass is 10.0. The summed E-state index contributed by atoms with van der Waals surface area (Å²) < 4.78 is 1.94. The molecule has 2 aromatic carbocycles. The van der Waals surface area contributed by atoms with Crippen LogP contribution >= 0.6 is 11.8 Å². The van der Waals surface area contributed by atoms with Crippen LogP contribution in [-0.2, 0) is 5.75 Å². The van der Waals surface area contributed by atoms with Crippen molar-refractivity contribution in [1.29, 1.82) is 0 Å². The first-order valence-corrected chi connectivity index (χ1v) is 9.69. The monoisotopic (exact) mass is 396 g/mol. The standard InChI is InChI=1S/C20H20N4O3S/c1-13(2)14-5-7-17(8-6-14)23-10-9-22-20(23)28-12-16-4-3-15(19(21)25)11-18(16)24(26)27/h3-11,13H,12H2,1-2H3,(H2,21,25). The van der Waals surface area contributed by atoms with Crippen LogP contribution in [-0.4, -0.2) is 20.4 Å². The molecular weight excluding hydrogens is 376 g/mol. The largest absolute Gasteiger partial charge is 0.366 e. The maximum atomic E-state index is 11.4. The Morgan fingerprint density at radius 3 is 2.57 bits per heavy atom. The zero-order chi connectivity index (χ0) is 20.3. The van der Waals surface area contributed by atoms with Crippen molar-refractivity contribution in [3.63, 3.8) is 0 Å². The van der Waals surface area contributed by atoms with E-state index < -0.39 is 10.8 Å². The van der Waals surface area contributed by atoms with Gasteiger partial charge in [-0.05, 0) is 29.7 Å². The molecule has 8 heteroatoms. The van der Waals surface area contributed by atoms with Gasteiger partial charge in [0.2, 0.25) is 5.91 Å². The minimum atomic E-state index is -0.692. The molecule has 3 aromatic rings. The first-order chi connectivity index (χ1) is 13.4. The predicted molar refractivity (Wildman–Crippen MR) is 109 cm³/mol. The number of carbonyl (C=O) groups excluding carboxylic acids is 1. The van der Waals surface area contributed by atoms with Crippen molar-refractivity contribution >= 4 is 23.4 Å². The highest BCUT2D eigenvalue weighted by molar-refractivity contribution is 7.98. The maximum absolute atomic E-state index is 11.4. The molecule has 0 aliphatic heterocycles. The van der Waals surface area contributed by atoms with Gasteiger partial charge in [-0.3, -0.25) is 19.5 Å². The summed E-state index contributed by atoms with van der Waals surface area (Å²) in [7, 11) is 0. The van der Waals surface area contributed by atoms with Crippen LogP contribution in [0.15, 0.2) is 60.0 Å².